The summed E-state index contributed by atoms with van der Waals surface area (Å²) in [5.41, 5.74) is 9.05. The Bertz CT molecular complexity index is 342. The van der Waals surface area contributed by atoms with Crippen LogP contribution in [0.5, 0.6) is 0 Å². The van der Waals surface area contributed by atoms with E-state index in [1.165, 1.54) is 7.11 Å². The van der Waals surface area contributed by atoms with E-state index in [2.05, 4.69) is 9.72 Å². The summed E-state index contributed by atoms with van der Waals surface area (Å²) >= 11 is 0. The number of carbonyl (C=O) groups excluding carboxylic acids is 1. The van der Waals surface area contributed by atoms with Crippen LogP contribution in [0.25, 0.3) is 0 Å². The fraction of sp³-hybridized carbons (Fsp3) is 0.500. The molecule has 0 fully saturated rings. The van der Waals surface area contributed by atoms with E-state index < -0.39 is 0 Å². The zero-order valence-corrected chi connectivity index (χ0v) is 8.81. The van der Waals surface area contributed by atoms with Crippen molar-refractivity contribution in [2.75, 3.05) is 13.7 Å². The van der Waals surface area contributed by atoms with Crippen molar-refractivity contribution in [2.24, 2.45) is 5.73 Å². The predicted octanol–water partition coefficient (Wildman–Crippen LogP) is 0.919. The van der Waals surface area contributed by atoms with Crippen molar-refractivity contribution in [2.45, 2.75) is 20.3 Å². The molecule has 0 radical (unpaired) electrons. The van der Waals surface area contributed by atoms with Gasteiger partial charge >= 0.3 is 5.97 Å². The third-order valence-electron chi connectivity index (χ3n) is 2.45. The lowest BCUT2D eigenvalue weighted by Crippen LogP contribution is -2.05. The normalized spacial score (nSPS) is 10.3. The van der Waals surface area contributed by atoms with Crippen molar-refractivity contribution in [3.05, 3.63) is 22.5 Å². The van der Waals surface area contributed by atoms with Crippen LogP contribution in [0.3, 0.4) is 0 Å². The monoisotopic (exact) mass is 196 g/mol. The summed E-state index contributed by atoms with van der Waals surface area (Å²) in [5, 5.41) is 0. The number of hydrogen-bond donors (Lipinski definition) is 2. The molecule has 0 aliphatic carbocycles. The third-order valence-corrected chi connectivity index (χ3v) is 2.45. The van der Waals surface area contributed by atoms with Crippen molar-refractivity contribution in [3.63, 3.8) is 0 Å². The number of aromatic amines is 1. The van der Waals surface area contributed by atoms with Gasteiger partial charge in [0.05, 0.1) is 7.11 Å². The molecule has 4 heteroatoms. The van der Waals surface area contributed by atoms with Gasteiger partial charge in [0.15, 0.2) is 0 Å². The molecule has 0 atom stereocenters. The van der Waals surface area contributed by atoms with E-state index in [1.54, 1.807) is 0 Å². The van der Waals surface area contributed by atoms with Crippen LogP contribution in [0, 0.1) is 13.8 Å². The second-order valence-electron chi connectivity index (χ2n) is 3.26. The van der Waals surface area contributed by atoms with Crippen molar-refractivity contribution in [1.82, 2.24) is 4.98 Å². The lowest BCUT2D eigenvalue weighted by atomic mass is 10.1. The first-order valence-electron chi connectivity index (χ1n) is 4.58. The molecule has 0 aromatic carbocycles. The summed E-state index contributed by atoms with van der Waals surface area (Å²) in [6.07, 6.45) is 0.754. The summed E-state index contributed by atoms with van der Waals surface area (Å²) in [6, 6.07) is 0. The maximum Gasteiger partial charge on any atom is 0.354 e. The minimum Gasteiger partial charge on any atom is -0.464 e. The van der Waals surface area contributed by atoms with E-state index in [0.29, 0.717) is 12.2 Å². The smallest absolute Gasteiger partial charge is 0.354 e. The predicted molar refractivity (Wildman–Crippen MR) is 54.4 cm³/mol. The Morgan fingerprint density at radius 3 is 2.57 bits per heavy atom. The van der Waals surface area contributed by atoms with Gasteiger partial charge in [-0.1, -0.05) is 0 Å². The largest absolute Gasteiger partial charge is 0.464 e. The zero-order chi connectivity index (χ0) is 10.7. The Morgan fingerprint density at radius 2 is 2.07 bits per heavy atom. The number of H-pyrrole nitrogens is 1. The number of rotatable bonds is 3. The molecule has 0 amide bonds. The van der Waals surface area contributed by atoms with Gasteiger partial charge in [-0.25, -0.2) is 4.79 Å². The van der Waals surface area contributed by atoms with Crippen molar-refractivity contribution in [1.29, 1.82) is 0 Å². The quantitative estimate of drug-likeness (QED) is 0.706. The number of carbonyl (C=O) groups is 1. The molecule has 78 valence electrons. The van der Waals surface area contributed by atoms with E-state index in [1.807, 2.05) is 13.8 Å². The number of nitrogens with two attached hydrogens (primary N) is 1. The summed E-state index contributed by atoms with van der Waals surface area (Å²) in [4.78, 5) is 14.4. The first kappa shape index (κ1) is 10.8. The second-order valence-corrected chi connectivity index (χ2v) is 3.26. The topological polar surface area (TPSA) is 68.1 Å². The number of ether oxygens (including phenoxy) is 1. The van der Waals surface area contributed by atoms with Crippen LogP contribution in [0.2, 0.25) is 0 Å². The van der Waals surface area contributed by atoms with Crippen LogP contribution in [0.4, 0.5) is 0 Å². The minimum absolute atomic E-state index is 0.325. The van der Waals surface area contributed by atoms with Crippen LogP contribution < -0.4 is 5.73 Å². The second kappa shape index (κ2) is 4.28. The Balaban J connectivity index is 3.08. The average Bonchev–Trinajstić information content (AvgIpc) is 2.46. The molecule has 4 nitrogen and oxygen atoms in total. The lowest BCUT2D eigenvalue weighted by Gasteiger charge is -1.96. The highest BCUT2D eigenvalue weighted by atomic mass is 16.5. The van der Waals surface area contributed by atoms with Crippen molar-refractivity contribution >= 4 is 5.97 Å². The number of hydrogen-bond acceptors (Lipinski definition) is 3. The van der Waals surface area contributed by atoms with E-state index in [-0.39, 0.29) is 5.97 Å². The van der Waals surface area contributed by atoms with Gasteiger partial charge < -0.3 is 15.5 Å². The third kappa shape index (κ3) is 1.80. The Kier molecular flexibility index (Phi) is 3.30. The van der Waals surface area contributed by atoms with E-state index >= 15 is 0 Å². The Labute approximate surface area is 83.4 Å². The number of nitrogens with one attached hydrogen (secondary N) is 1. The van der Waals surface area contributed by atoms with Crippen LogP contribution in [0.1, 0.15) is 27.3 Å². The fourth-order valence-corrected chi connectivity index (χ4v) is 1.45. The molecule has 0 spiro atoms. The van der Waals surface area contributed by atoms with Crippen molar-refractivity contribution in [3.8, 4) is 0 Å². The van der Waals surface area contributed by atoms with Gasteiger partial charge in [0.2, 0.25) is 0 Å². The van der Waals surface area contributed by atoms with Crippen LogP contribution >= 0.6 is 0 Å². The molecular weight excluding hydrogens is 180 g/mol. The van der Waals surface area contributed by atoms with Gasteiger partial charge in [0, 0.05) is 5.69 Å². The van der Waals surface area contributed by atoms with E-state index in [9.17, 15) is 4.79 Å². The van der Waals surface area contributed by atoms with Gasteiger partial charge in [0.25, 0.3) is 0 Å². The molecule has 0 saturated carbocycles. The summed E-state index contributed by atoms with van der Waals surface area (Å²) in [7, 11) is 1.38. The van der Waals surface area contributed by atoms with Crippen LogP contribution in [-0.2, 0) is 11.2 Å². The summed E-state index contributed by atoms with van der Waals surface area (Å²) in [5.74, 6) is -0.325. The summed E-state index contributed by atoms with van der Waals surface area (Å²) < 4.78 is 4.66. The maximum absolute atomic E-state index is 11.3. The van der Waals surface area contributed by atoms with Crippen LogP contribution in [0.15, 0.2) is 0 Å². The first-order chi connectivity index (χ1) is 6.61. The van der Waals surface area contributed by atoms with Gasteiger partial charge in [-0.15, -0.1) is 0 Å². The Morgan fingerprint density at radius 1 is 1.43 bits per heavy atom. The molecule has 1 aromatic heterocycles. The average molecular weight is 196 g/mol. The van der Waals surface area contributed by atoms with E-state index in [4.69, 9.17) is 5.73 Å². The van der Waals surface area contributed by atoms with Gasteiger partial charge in [0.1, 0.15) is 5.69 Å². The SMILES string of the molecule is COC(=O)c1[nH]c(CCN)c(C)c1C. The number of esters is 1. The molecule has 0 aliphatic rings. The standard InChI is InChI=1S/C10H16N2O2/c1-6-7(2)9(10(13)14-3)12-8(6)4-5-11/h12H,4-5,11H2,1-3H3. The molecule has 0 bridgehead atoms. The molecule has 1 aromatic rings. The minimum atomic E-state index is -0.325. The zero-order valence-electron chi connectivity index (χ0n) is 8.81. The molecule has 0 saturated heterocycles. The Hall–Kier alpha value is -1.29. The summed E-state index contributed by atoms with van der Waals surface area (Å²) in [6.45, 7) is 4.45. The molecule has 1 rings (SSSR count). The van der Waals surface area contributed by atoms with Gasteiger partial charge in [-0.2, -0.15) is 0 Å². The maximum atomic E-state index is 11.3. The highest BCUT2D eigenvalue weighted by Gasteiger charge is 2.16. The first-order valence-corrected chi connectivity index (χ1v) is 4.58. The number of aromatic nitrogens is 1. The van der Waals surface area contributed by atoms with Crippen molar-refractivity contribution < 1.29 is 9.53 Å². The van der Waals surface area contributed by atoms with Gasteiger partial charge in [-0.05, 0) is 37.9 Å². The molecular formula is C10H16N2O2. The highest BCUT2D eigenvalue weighted by molar-refractivity contribution is 5.89. The van der Waals surface area contributed by atoms with Gasteiger partial charge in [-0.3, -0.25) is 0 Å². The fourth-order valence-electron chi connectivity index (χ4n) is 1.45. The van der Waals surface area contributed by atoms with E-state index in [0.717, 1.165) is 23.2 Å². The lowest BCUT2D eigenvalue weighted by molar-refractivity contribution is 0.0594. The molecule has 0 unspecified atom stereocenters. The highest BCUT2D eigenvalue weighted by Crippen LogP contribution is 2.18. The van der Waals surface area contributed by atoms with Crippen LogP contribution in [-0.4, -0.2) is 24.6 Å². The molecule has 3 N–H and O–H groups in total. The molecule has 0 aliphatic heterocycles. The molecule has 14 heavy (non-hydrogen) atoms. The molecule has 1 heterocycles. The number of methoxy groups -OCH3 is 1.